The summed E-state index contributed by atoms with van der Waals surface area (Å²) >= 11 is 0. The molecule has 6 heteroatoms. The van der Waals surface area contributed by atoms with Crippen LogP contribution in [0.1, 0.15) is 26.7 Å². The number of rotatable bonds is 3. The molecule has 15 heavy (non-hydrogen) atoms. The van der Waals surface area contributed by atoms with Crippen LogP contribution in [0.15, 0.2) is 0 Å². The van der Waals surface area contributed by atoms with Gasteiger partial charge in [-0.2, -0.15) is 0 Å². The number of hydrogen-bond donors (Lipinski definition) is 2. The Morgan fingerprint density at radius 2 is 2.20 bits per heavy atom. The summed E-state index contributed by atoms with van der Waals surface area (Å²) in [4.78, 5) is 11.6. The van der Waals surface area contributed by atoms with E-state index >= 15 is 0 Å². The average Bonchev–Trinajstić information content (AvgIpc) is 2.17. The molecular weight excluding hydrogens is 216 g/mol. The fourth-order valence-electron chi connectivity index (χ4n) is 1.68. The minimum atomic E-state index is -3.41. The molecule has 0 saturated carbocycles. The van der Waals surface area contributed by atoms with Gasteiger partial charge in [-0.1, -0.05) is 0 Å². The summed E-state index contributed by atoms with van der Waals surface area (Å²) < 4.78 is 24.5. The molecule has 88 valence electrons. The van der Waals surface area contributed by atoms with Crippen molar-refractivity contribution in [3.8, 4) is 0 Å². The van der Waals surface area contributed by atoms with E-state index < -0.39 is 10.0 Å². The first-order valence-corrected chi connectivity index (χ1v) is 6.87. The Labute approximate surface area is 90.7 Å². The zero-order valence-corrected chi connectivity index (χ0v) is 9.93. The highest BCUT2D eigenvalue weighted by molar-refractivity contribution is 7.90. The lowest BCUT2D eigenvalue weighted by molar-refractivity contribution is -0.124. The molecule has 0 aromatic carbocycles. The molecule has 1 amide bonds. The standard InChI is InChI=1S/C9H18N2O3S/c1-3-15(13,14)11-9(12)8-4-5-10-7(2)6-8/h7-8,10H,3-6H2,1-2H3,(H,11,12). The largest absolute Gasteiger partial charge is 0.314 e. The monoisotopic (exact) mass is 234 g/mol. The van der Waals surface area contributed by atoms with Gasteiger partial charge in [0.1, 0.15) is 0 Å². The van der Waals surface area contributed by atoms with Crippen LogP contribution >= 0.6 is 0 Å². The van der Waals surface area contributed by atoms with Crippen molar-refractivity contribution in [2.24, 2.45) is 5.92 Å². The van der Waals surface area contributed by atoms with E-state index in [9.17, 15) is 13.2 Å². The maximum atomic E-state index is 11.6. The van der Waals surface area contributed by atoms with Gasteiger partial charge in [0.15, 0.2) is 0 Å². The molecule has 2 N–H and O–H groups in total. The second-order valence-electron chi connectivity index (χ2n) is 3.95. The van der Waals surface area contributed by atoms with Crippen molar-refractivity contribution < 1.29 is 13.2 Å². The van der Waals surface area contributed by atoms with Gasteiger partial charge >= 0.3 is 0 Å². The summed E-state index contributed by atoms with van der Waals surface area (Å²) in [6, 6.07) is 0.277. The number of amides is 1. The molecule has 0 aromatic heterocycles. The van der Waals surface area contributed by atoms with Crippen LogP contribution in [0.5, 0.6) is 0 Å². The number of carbonyl (C=O) groups excluding carboxylic acids is 1. The summed E-state index contributed by atoms with van der Waals surface area (Å²) in [5.41, 5.74) is 0. The van der Waals surface area contributed by atoms with Crippen LogP contribution in [0.4, 0.5) is 0 Å². The number of nitrogens with one attached hydrogen (secondary N) is 2. The van der Waals surface area contributed by atoms with Crippen molar-refractivity contribution >= 4 is 15.9 Å². The summed E-state index contributed by atoms with van der Waals surface area (Å²) in [5, 5.41) is 3.21. The lowest BCUT2D eigenvalue weighted by Crippen LogP contribution is -2.44. The van der Waals surface area contributed by atoms with Crippen molar-refractivity contribution in [2.45, 2.75) is 32.7 Å². The maximum Gasteiger partial charge on any atom is 0.236 e. The first kappa shape index (κ1) is 12.4. The summed E-state index contributed by atoms with van der Waals surface area (Å²) in [7, 11) is -3.41. The number of piperidine rings is 1. The summed E-state index contributed by atoms with van der Waals surface area (Å²) in [5.74, 6) is -0.591. The van der Waals surface area contributed by atoms with Crippen molar-refractivity contribution in [1.29, 1.82) is 0 Å². The van der Waals surface area contributed by atoms with Crippen molar-refractivity contribution in [1.82, 2.24) is 10.0 Å². The van der Waals surface area contributed by atoms with Crippen LogP contribution in [0.3, 0.4) is 0 Å². The molecule has 1 aliphatic heterocycles. The van der Waals surface area contributed by atoms with Gasteiger partial charge in [0.2, 0.25) is 15.9 Å². The van der Waals surface area contributed by atoms with Gasteiger partial charge in [0, 0.05) is 12.0 Å². The van der Waals surface area contributed by atoms with Crippen molar-refractivity contribution in [3.63, 3.8) is 0 Å². The molecule has 2 atom stereocenters. The Morgan fingerprint density at radius 3 is 2.73 bits per heavy atom. The highest BCUT2D eigenvalue weighted by atomic mass is 32.2. The van der Waals surface area contributed by atoms with Gasteiger partial charge in [-0.05, 0) is 33.2 Å². The second-order valence-corrected chi connectivity index (χ2v) is 5.96. The first-order valence-electron chi connectivity index (χ1n) is 5.22. The Bertz CT molecular complexity index is 326. The van der Waals surface area contributed by atoms with Crippen LogP contribution < -0.4 is 10.0 Å². The smallest absolute Gasteiger partial charge is 0.236 e. The first-order chi connectivity index (χ1) is 6.94. The van der Waals surface area contributed by atoms with Gasteiger partial charge in [0.25, 0.3) is 0 Å². The third kappa shape index (κ3) is 3.79. The molecule has 1 saturated heterocycles. The maximum absolute atomic E-state index is 11.6. The molecule has 0 aliphatic carbocycles. The van der Waals surface area contributed by atoms with E-state index in [0.29, 0.717) is 12.8 Å². The average molecular weight is 234 g/mol. The molecule has 5 nitrogen and oxygen atoms in total. The fraction of sp³-hybridized carbons (Fsp3) is 0.889. The Morgan fingerprint density at radius 1 is 1.53 bits per heavy atom. The zero-order chi connectivity index (χ0) is 11.5. The topological polar surface area (TPSA) is 75.3 Å². The highest BCUT2D eigenvalue weighted by Gasteiger charge is 2.26. The highest BCUT2D eigenvalue weighted by Crippen LogP contribution is 2.16. The van der Waals surface area contributed by atoms with Gasteiger partial charge in [-0.3, -0.25) is 9.52 Å². The number of hydrogen-bond acceptors (Lipinski definition) is 4. The van der Waals surface area contributed by atoms with Crippen LogP contribution in [0.25, 0.3) is 0 Å². The van der Waals surface area contributed by atoms with Crippen molar-refractivity contribution in [3.05, 3.63) is 0 Å². The van der Waals surface area contributed by atoms with Gasteiger partial charge < -0.3 is 5.32 Å². The predicted molar refractivity (Wildman–Crippen MR) is 57.8 cm³/mol. The summed E-state index contributed by atoms with van der Waals surface area (Å²) in [6.07, 6.45) is 1.40. The van der Waals surface area contributed by atoms with Crippen LogP contribution in [-0.2, 0) is 14.8 Å². The molecule has 1 heterocycles. The molecular formula is C9H18N2O3S. The SMILES string of the molecule is CCS(=O)(=O)NC(=O)C1CCNC(C)C1. The lowest BCUT2D eigenvalue weighted by Gasteiger charge is -2.26. The molecule has 1 rings (SSSR count). The number of carbonyl (C=O) groups is 1. The van der Waals surface area contributed by atoms with Gasteiger partial charge in [0.05, 0.1) is 5.75 Å². The van der Waals surface area contributed by atoms with E-state index in [1.165, 1.54) is 6.92 Å². The Hall–Kier alpha value is -0.620. The molecule has 2 unspecified atom stereocenters. The third-order valence-corrected chi connectivity index (χ3v) is 3.90. The molecule has 0 aromatic rings. The van der Waals surface area contributed by atoms with Crippen LogP contribution in [0.2, 0.25) is 0 Å². The van der Waals surface area contributed by atoms with E-state index in [4.69, 9.17) is 0 Å². The van der Waals surface area contributed by atoms with Crippen LogP contribution in [-0.4, -0.2) is 32.7 Å². The minimum Gasteiger partial charge on any atom is -0.314 e. The van der Waals surface area contributed by atoms with Crippen molar-refractivity contribution in [2.75, 3.05) is 12.3 Å². The van der Waals surface area contributed by atoms with E-state index in [-0.39, 0.29) is 23.6 Å². The Kier molecular flexibility index (Phi) is 4.10. The third-order valence-electron chi connectivity index (χ3n) is 2.63. The molecule has 0 radical (unpaired) electrons. The van der Waals surface area contributed by atoms with E-state index in [2.05, 4.69) is 10.0 Å². The number of sulfonamides is 1. The molecule has 0 bridgehead atoms. The van der Waals surface area contributed by atoms with E-state index in [1.54, 1.807) is 0 Å². The molecule has 1 aliphatic rings. The Balaban J connectivity index is 2.53. The van der Waals surface area contributed by atoms with E-state index in [0.717, 1.165) is 6.54 Å². The zero-order valence-electron chi connectivity index (χ0n) is 9.12. The second kappa shape index (κ2) is 4.94. The molecule has 1 fully saturated rings. The van der Waals surface area contributed by atoms with Gasteiger partial charge in [-0.15, -0.1) is 0 Å². The fourth-order valence-corrected chi connectivity index (χ4v) is 2.30. The van der Waals surface area contributed by atoms with Gasteiger partial charge in [-0.25, -0.2) is 8.42 Å². The predicted octanol–water partition coefficient (Wildman–Crippen LogP) is -0.160. The summed E-state index contributed by atoms with van der Waals surface area (Å²) in [6.45, 7) is 4.28. The van der Waals surface area contributed by atoms with E-state index in [1.807, 2.05) is 6.92 Å². The van der Waals surface area contributed by atoms with Crippen LogP contribution in [0, 0.1) is 5.92 Å². The lowest BCUT2D eigenvalue weighted by atomic mass is 9.93. The molecule has 0 spiro atoms. The quantitative estimate of drug-likeness (QED) is 0.711. The minimum absolute atomic E-state index is 0.0563. The normalized spacial score (nSPS) is 27.3.